The van der Waals surface area contributed by atoms with Crippen LogP contribution in [0.3, 0.4) is 0 Å². The zero-order valence-corrected chi connectivity index (χ0v) is 10.3. The topological polar surface area (TPSA) is 55.8 Å². The summed E-state index contributed by atoms with van der Waals surface area (Å²) in [5, 5.41) is 9.84. The predicted molar refractivity (Wildman–Crippen MR) is 63.6 cm³/mol. The first-order valence-electron chi connectivity index (χ1n) is 5.46. The maximum absolute atomic E-state index is 11.3. The fraction of sp³-hybridized carbons (Fsp3) is 0.462. The highest BCUT2D eigenvalue weighted by Gasteiger charge is 2.21. The van der Waals surface area contributed by atoms with Crippen molar-refractivity contribution < 1.29 is 19.4 Å². The molecule has 1 N–H and O–H groups in total. The van der Waals surface area contributed by atoms with Crippen LogP contribution in [0, 0.1) is 0 Å². The van der Waals surface area contributed by atoms with E-state index in [9.17, 15) is 9.90 Å². The van der Waals surface area contributed by atoms with Crippen molar-refractivity contribution in [2.24, 2.45) is 0 Å². The van der Waals surface area contributed by atoms with Gasteiger partial charge in [-0.1, -0.05) is 24.3 Å². The Hall–Kier alpha value is -1.39. The molecule has 0 spiro atoms. The summed E-state index contributed by atoms with van der Waals surface area (Å²) in [6.07, 6.45) is -0.568. The summed E-state index contributed by atoms with van der Waals surface area (Å²) in [7, 11) is 2.88. The van der Waals surface area contributed by atoms with Crippen LogP contribution in [0.2, 0.25) is 0 Å². The number of esters is 1. The highest BCUT2D eigenvalue weighted by molar-refractivity contribution is 5.76. The normalized spacial score (nSPS) is 14.1. The molecule has 0 saturated carbocycles. The molecule has 4 heteroatoms. The lowest BCUT2D eigenvalue weighted by Gasteiger charge is -2.16. The van der Waals surface area contributed by atoms with Crippen LogP contribution in [0.1, 0.15) is 24.2 Å². The Morgan fingerprint density at radius 1 is 1.35 bits per heavy atom. The first-order chi connectivity index (χ1) is 8.10. The summed E-state index contributed by atoms with van der Waals surface area (Å²) < 4.78 is 9.71. The Morgan fingerprint density at radius 2 is 2.00 bits per heavy atom. The van der Waals surface area contributed by atoms with Crippen molar-refractivity contribution in [2.75, 3.05) is 14.2 Å². The average Bonchev–Trinajstić information content (AvgIpc) is 2.37. The number of hydrogen-bond acceptors (Lipinski definition) is 4. The minimum absolute atomic E-state index is 0.0287. The Balaban J connectivity index is 2.95. The number of rotatable bonds is 5. The second-order valence-electron chi connectivity index (χ2n) is 3.87. The Labute approximate surface area is 101 Å². The number of methoxy groups -OCH3 is 2. The molecule has 0 aliphatic heterocycles. The number of carbonyl (C=O) groups is 1. The van der Waals surface area contributed by atoms with Crippen LogP contribution in [0.4, 0.5) is 0 Å². The van der Waals surface area contributed by atoms with Crippen molar-refractivity contribution in [2.45, 2.75) is 25.6 Å². The first kappa shape index (κ1) is 13.7. The van der Waals surface area contributed by atoms with Gasteiger partial charge in [-0.2, -0.15) is 0 Å². The SMILES string of the molecule is COC(=O)C(O)c1ccccc1CC(C)OC. The first-order valence-corrected chi connectivity index (χ1v) is 5.46. The quantitative estimate of drug-likeness (QED) is 0.789. The Morgan fingerprint density at radius 3 is 2.59 bits per heavy atom. The van der Waals surface area contributed by atoms with Crippen molar-refractivity contribution in [1.82, 2.24) is 0 Å². The fourth-order valence-corrected chi connectivity index (χ4v) is 1.62. The number of carbonyl (C=O) groups excluding carboxylic acids is 1. The van der Waals surface area contributed by atoms with Gasteiger partial charge in [0.2, 0.25) is 0 Å². The molecule has 0 fully saturated rings. The molecule has 17 heavy (non-hydrogen) atoms. The third-order valence-electron chi connectivity index (χ3n) is 2.68. The van der Waals surface area contributed by atoms with E-state index in [1.165, 1.54) is 7.11 Å². The molecule has 4 nitrogen and oxygen atoms in total. The van der Waals surface area contributed by atoms with Crippen LogP contribution in [-0.4, -0.2) is 31.4 Å². The van der Waals surface area contributed by atoms with E-state index in [4.69, 9.17) is 4.74 Å². The van der Waals surface area contributed by atoms with E-state index in [2.05, 4.69) is 4.74 Å². The van der Waals surface area contributed by atoms with Gasteiger partial charge >= 0.3 is 5.97 Å². The van der Waals surface area contributed by atoms with Gasteiger partial charge in [0.1, 0.15) is 0 Å². The monoisotopic (exact) mass is 238 g/mol. The summed E-state index contributed by atoms with van der Waals surface area (Å²) in [6.45, 7) is 1.93. The van der Waals surface area contributed by atoms with Crippen LogP contribution in [-0.2, 0) is 20.7 Å². The standard InChI is InChI=1S/C13H18O4/c1-9(16-2)8-10-6-4-5-7-11(10)12(14)13(15)17-3/h4-7,9,12,14H,8H2,1-3H3. The van der Waals surface area contributed by atoms with E-state index in [1.54, 1.807) is 19.2 Å². The van der Waals surface area contributed by atoms with E-state index >= 15 is 0 Å². The molecular weight excluding hydrogens is 220 g/mol. The summed E-state index contributed by atoms with van der Waals surface area (Å²) in [4.78, 5) is 11.3. The van der Waals surface area contributed by atoms with Gasteiger partial charge in [-0.3, -0.25) is 0 Å². The van der Waals surface area contributed by atoms with Gasteiger partial charge in [0.15, 0.2) is 6.10 Å². The molecule has 0 aliphatic carbocycles. The third-order valence-corrected chi connectivity index (χ3v) is 2.68. The zero-order valence-electron chi connectivity index (χ0n) is 10.3. The van der Waals surface area contributed by atoms with Gasteiger partial charge in [-0.15, -0.1) is 0 Å². The van der Waals surface area contributed by atoms with Crippen LogP contribution in [0.15, 0.2) is 24.3 Å². The molecular formula is C13H18O4. The van der Waals surface area contributed by atoms with E-state index in [0.29, 0.717) is 12.0 Å². The zero-order chi connectivity index (χ0) is 12.8. The van der Waals surface area contributed by atoms with Crippen LogP contribution in [0.25, 0.3) is 0 Å². The lowest BCUT2D eigenvalue weighted by atomic mass is 9.98. The van der Waals surface area contributed by atoms with Crippen LogP contribution >= 0.6 is 0 Å². The summed E-state index contributed by atoms with van der Waals surface area (Å²) in [6, 6.07) is 7.24. The summed E-state index contributed by atoms with van der Waals surface area (Å²) >= 11 is 0. The molecule has 0 saturated heterocycles. The van der Waals surface area contributed by atoms with Crippen molar-refractivity contribution in [3.05, 3.63) is 35.4 Å². The lowest BCUT2D eigenvalue weighted by molar-refractivity contribution is -0.150. The fourth-order valence-electron chi connectivity index (χ4n) is 1.62. The molecule has 0 heterocycles. The number of aliphatic hydroxyl groups is 1. The van der Waals surface area contributed by atoms with E-state index in [-0.39, 0.29) is 6.10 Å². The number of aliphatic hydroxyl groups excluding tert-OH is 1. The molecule has 1 aromatic rings. The van der Waals surface area contributed by atoms with E-state index in [0.717, 1.165) is 5.56 Å². The maximum atomic E-state index is 11.3. The van der Waals surface area contributed by atoms with Crippen molar-refractivity contribution >= 4 is 5.97 Å². The number of ether oxygens (including phenoxy) is 2. The van der Waals surface area contributed by atoms with Crippen LogP contribution in [0.5, 0.6) is 0 Å². The molecule has 1 rings (SSSR count). The number of hydrogen-bond donors (Lipinski definition) is 1. The highest BCUT2D eigenvalue weighted by atomic mass is 16.5. The largest absolute Gasteiger partial charge is 0.467 e. The van der Waals surface area contributed by atoms with Crippen molar-refractivity contribution in [1.29, 1.82) is 0 Å². The highest BCUT2D eigenvalue weighted by Crippen LogP contribution is 2.20. The van der Waals surface area contributed by atoms with E-state index < -0.39 is 12.1 Å². The minimum atomic E-state index is -1.24. The van der Waals surface area contributed by atoms with Gasteiger partial charge < -0.3 is 14.6 Å². The average molecular weight is 238 g/mol. The molecule has 0 aliphatic rings. The predicted octanol–water partition coefficient (Wildman–Crippen LogP) is 1.47. The maximum Gasteiger partial charge on any atom is 0.339 e. The van der Waals surface area contributed by atoms with Crippen molar-refractivity contribution in [3.8, 4) is 0 Å². The second-order valence-corrected chi connectivity index (χ2v) is 3.87. The lowest BCUT2D eigenvalue weighted by Crippen LogP contribution is -2.17. The molecule has 0 aromatic heterocycles. The molecule has 2 unspecified atom stereocenters. The molecule has 2 atom stereocenters. The van der Waals surface area contributed by atoms with Gasteiger partial charge in [0.05, 0.1) is 13.2 Å². The van der Waals surface area contributed by atoms with Gasteiger partial charge in [-0.25, -0.2) is 4.79 Å². The molecule has 0 bridgehead atoms. The smallest absolute Gasteiger partial charge is 0.339 e. The van der Waals surface area contributed by atoms with Crippen LogP contribution < -0.4 is 0 Å². The Bertz CT molecular complexity index is 375. The van der Waals surface area contributed by atoms with E-state index in [1.807, 2.05) is 19.1 Å². The van der Waals surface area contributed by atoms with Gasteiger partial charge in [0.25, 0.3) is 0 Å². The second kappa shape index (κ2) is 6.37. The Kier molecular flexibility index (Phi) is 5.12. The summed E-state index contributed by atoms with van der Waals surface area (Å²) in [5.74, 6) is -0.650. The minimum Gasteiger partial charge on any atom is -0.467 e. The molecule has 0 radical (unpaired) electrons. The number of benzene rings is 1. The summed E-state index contributed by atoms with van der Waals surface area (Å²) in [5.41, 5.74) is 1.46. The third kappa shape index (κ3) is 3.54. The molecule has 1 aromatic carbocycles. The van der Waals surface area contributed by atoms with Crippen molar-refractivity contribution in [3.63, 3.8) is 0 Å². The molecule has 0 amide bonds. The van der Waals surface area contributed by atoms with Gasteiger partial charge in [0, 0.05) is 7.11 Å². The molecule has 94 valence electrons. The van der Waals surface area contributed by atoms with Gasteiger partial charge in [-0.05, 0) is 24.5 Å².